The first-order chi connectivity index (χ1) is 11.9. The van der Waals surface area contributed by atoms with E-state index in [9.17, 15) is 13.2 Å². The molecule has 2 aliphatic rings. The molecule has 2 heterocycles. The summed E-state index contributed by atoms with van der Waals surface area (Å²) in [5.74, 6) is -0.152. The van der Waals surface area contributed by atoms with Crippen LogP contribution in [0.3, 0.4) is 0 Å². The zero-order chi connectivity index (χ0) is 17.7. The Hall–Kier alpha value is -2.15. The number of rotatable bonds is 3. The van der Waals surface area contributed by atoms with E-state index < -0.39 is 15.4 Å². The van der Waals surface area contributed by atoms with Crippen LogP contribution in [0.2, 0.25) is 0 Å². The highest BCUT2D eigenvalue weighted by atomic mass is 32.2. The van der Waals surface area contributed by atoms with E-state index in [1.54, 1.807) is 6.92 Å². The summed E-state index contributed by atoms with van der Waals surface area (Å²) in [6, 6.07) is 9.78. The smallest absolute Gasteiger partial charge is 0.272 e. The van der Waals surface area contributed by atoms with E-state index in [0.717, 1.165) is 36.2 Å². The summed E-state index contributed by atoms with van der Waals surface area (Å²) >= 11 is 0. The second-order valence-electron chi connectivity index (χ2n) is 7.23. The molecule has 1 aliphatic heterocycles. The second-order valence-corrected chi connectivity index (χ2v) is 9.42. The SMILES string of the molecule is C[C@]1(NC(=O)c2nn(-c3ccccc3)c3c2CCC3)CCS(=O)(=O)C1. The summed E-state index contributed by atoms with van der Waals surface area (Å²) in [5.41, 5.74) is 2.74. The molecule has 4 rings (SSSR count). The van der Waals surface area contributed by atoms with Gasteiger partial charge in [-0.2, -0.15) is 5.10 Å². The van der Waals surface area contributed by atoms with Crippen molar-refractivity contribution in [3.05, 3.63) is 47.3 Å². The Morgan fingerprint density at radius 3 is 2.68 bits per heavy atom. The second kappa shape index (κ2) is 5.69. The van der Waals surface area contributed by atoms with Crippen LogP contribution >= 0.6 is 0 Å². The van der Waals surface area contributed by atoms with Gasteiger partial charge in [0.2, 0.25) is 0 Å². The minimum absolute atomic E-state index is 0.00662. The fourth-order valence-electron chi connectivity index (χ4n) is 3.84. The molecule has 0 bridgehead atoms. The highest BCUT2D eigenvalue weighted by molar-refractivity contribution is 7.91. The quantitative estimate of drug-likeness (QED) is 0.904. The number of carbonyl (C=O) groups is 1. The molecule has 1 atom stereocenters. The van der Waals surface area contributed by atoms with Crippen molar-refractivity contribution >= 4 is 15.7 Å². The number of hydrogen-bond donors (Lipinski definition) is 1. The van der Waals surface area contributed by atoms with Gasteiger partial charge in [0, 0.05) is 11.3 Å². The first-order valence-electron chi connectivity index (χ1n) is 8.56. The van der Waals surface area contributed by atoms with E-state index in [-0.39, 0.29) is 17.4 Å². The van der Waals surface area contributed by atoms with Gasteiger partial charge in [0.1, 0.15) is 0 Å². The molecule has 1 N–H and O–H groups in total. The molecule has 1 aliphatic carbocycles. The molecule has 25 heavy (non-hydrogen) atoms. The largest absolute Gasteiger partial charge is 0.344 e. The van der Waals surface area contributed by atoms with Crippen LogP contribution in [0.4, 0.5) is 0 Å². The third kappa shape index (κ3) is 2.97. The summed E-state index contributed by atoms with van der Waals surface area (Å²) in [6.07, 6.45) is 3.19. The highest BCUT2D eigenvalue weighted by Gasteiger charge is 2.40. The number of nitrogens with zero attached hydrogens (tertiary/aromatic N) is 2. The molecule has 1 aromatic heterocycles. The van der Waals surface area contributed by atoms with Crippen LogP contribution < -0.4 is 5.32 Å². The van der Waals surface area contributed by atoms with Crippen molar-refractivity contribution in [2.24, 2.45) is 0 Å². The standard InChI is InChI=1S/C18H21N3O3S/c1-18(10-11-25(23,24)12-18)19-17(22)16-14-8-5-9-15(14)21(20-16)13-6-3-2-4-7-13/h2-4,6-7H,5,8-12H2,1H3,(H,19,22)/t18-/m0/s1. The van der Waals surface area contributed by atoms with Gasteiger partial charge < -0.3 is 5.32 Å². The van der Waals surface area contributed by atoms with Gasteiger partial charge in [-0.15, -0.1) is 0 Å². The van der Waals surface area contributed by atoms with Gasteiger partial charge in [0.15, 0.2) is 15.5 Å². The number of nitrogens with one attached hydrogen (secondary N) is 1. The summed E-state index contributed by atoms with van der Waals surface area (Å²) < 4.78 is 25.4. The molecule has 1 saturated heterocycles. The maximum Gasteiger partial charge on any atom is 0.272 e. The van der Waals surface area contributed by atoms with E-state index in [0.29, 0.717) is 12.1 Å². The van der Waals surface area contributed by atoms with Gasteiger partial charge in [-0.25, -0.2) is 13.1 Å². The van der Waals surface area contributed by atoms with Gasteiger partial charge in [-0.05, 0) is 44.7 Å². The maximum atomic E-state index is 12.8. The Morgan fingerprint density at radius 2 is 2.00 bits per heavy atom. The molecule has 6 nitrogen and oxygen atoms in total. The third-order valence-electron chi connectivity index (χ3n) is 5.06. The molecule has 0 saturated carbocycles. The molecule has 132 valence electrons. The fraction of sp³-hybridized carbons (Fsp3) is 0.444. The monoisotopic (exact) mass is 359 g/mol. The third-order valence-corrected chi connectivity index (χ3v) is 6.97. The molecular formula is C18H21N3O3S. The van der Waals surface area contributed by atoms with Gasteiger partial charge >= 0.3 is 0 Å². The highest BCUT2D eigenvalue weighted by Crippen LogP contribution is 2.29. The Labute approximate surface area is 147 Å². The zero-order valence-electron chi connectivity index (χ0n) is 14.2. The number of amides is 1. The minimum atomic E-state index is -3.07. The number of aromatic nitrogens is 2. The minimum Gasteiger partial charge on any atom is -0.344 e. The van der Waals surface area contributed by atoms with Crippen LogP contribution in [0.5, 0.6) is 0 Å². The lowest BCUT2D eigenvalue weighted by atomic mass is 10.0. The molecule has 1 aromatic carbocycles. The fourth-order valence-corrected chi connectivity index (χ4v) is 5.94. The van der Waals surface area contributed by atoms with Gasteiger partial charge in [0.05, 0.1) is 22.7 Å². The summed E-state index contributed by atoms with van der Waals surface area (Å²) in [5, 5.41) is 7.49. The molecule has 1 amide bonds. The average Bonchev–Trinajstić information content (AvgIpc) is 3.21. The number of sulfone groups is 1. The van der Waals surface area contributed by atoms with E-state index in [1.165, 1.54) is 0 Å². The molecule has 7 heteroatoms. The summed E-state index contributed by atoms with van der Waals surface area (Å²) in [7, 11) is -3.07. The van der Waals surface area contributed by atoms with Crippen LogP contribution in [0.15, 0.2) is 30.3 Å². The van der Waals surface area contributed by atoms with Crippen LogP contribution in [0.1, 0.15) is 41.5 Å². The molecular weight excluding hydrogens is 338 g/mol. The predicted octanol–water partition coefficient (Wildman–Crippen LogP) is 1.67. The van der Waals surface area contributed by atoms with Crippen molar-refractivity contribution in [3.8, 4) is 5.69 Å². The van der Waals surface area contributed by atoms with E-state index in [4.69, 9.17) is 0 Å². The van der Waals surface area contributed by atoms with Crippen LogP contribution in [0, 0.1) is 0 Å². The van der Waals surface area contributed by atoms with E-state index in [1.807, 2.05) is 35.0 Å². The Bertz CT molecular complexity index is 934. The van der Waals surface area contributed by atoms with Crippen molar-refractivity contribution < 1.29 is 13.2 Å². The van der Waals surface area contributed by atoms with Crippen LogP contribution in [-0.2, 0) is 22.7 Å². The van der Waals surface area contributed by atoms with Gasteiger partial charge in [-0.1, -0.05) is 18.2 Å². The normalized spacial score (nSPS) is 24.2. The molecule has 0 unspecified atom stereocenters. The lowest BCUT2D eigenvalue weighted by Gasteiger charge is -2.23. The first-order valence-corrected chi connectivity index (χ1v) is 10.4. The zero-order valence-corrected chi connectivity index (χ0v) is 15.0. The van der Waals surface area contributed by atoms with Crippen molar-refractivity contribution in [1.82, 2.24) is 15.1 Å². The topological polar surface area (TPSA) is 81.1 Å². The molecule has 0 radical (unpaired) electrons. The lowest BCUT2D eigenvalue weighted by Crippen LogP contribution is -2.47. The molecule has 1 fully saturated rings. The molecule has 0 spiro atoms. The van der Waals surface area contributed by atoms with Crippen molar-refractivity contribution in [3.63, 3.8) is 0 Å². The summed E-state index contributed by atoms with van der Waals surface area (Å²) in [4.78, 5) is 12.8. The van der Waals surface area contributed by atoms with Crippen molar-refractivity contribution in [1.29, 1.82) is 0 Å². The van der Waals surface area contributed by atoms with Crippen molar-refractivity contribution in [2.75, 3.05) is 11.5 Å². The number of fused-ring (bicyclic) bond motifs is 1. The van der Waals surface area contributed by atoms with E-state index in [2.05, 4.69) is 10.4 Å². The van der Waals surface area contributed by atoms with E-state index >= 15 is 0 Å². The number of para-hydroxylation sites is 1. The van der Waals surface area contributed by atoms with Gasteiger partial charge in [0.25, 0.3) is 5.91 Å². The number of benzene rings is 1. The average molecular weight is 359 g/mol. The Morgan fingerprint density at radius 1 is 1.24 bits per heavy atom. The van der Waals surface area contributed by atoms with Crippen molar-refractivity contribution in [2.45, 2.75) is 38.1 Å². The lowest BCUT2D eigenvalue weighted by molar-refractivity contribution is 0.0909. The number of hydrogen-bond acceptors (Lipinski definition) is 4. The number of carbonyl (C=O) groups excluding carboxylic acids is 1. The predicted molar refractivity (Wildman–Crippen MR) is 94.7 cm³/mol. The Balaban J connectivity index is 1.66. The summed E-state index contributed by atoms with van der Waals surface area (Å²) in [6.45, 7) is 1.80. The van der Waals surface area contributed by atoms with Crippen LogP contribution in [-0.4, -0.2) is 41.2 Å². The first kappa shape index (κ1) is 16.3. The van der Waals surface area contributed by atoms with Gasteiger partial charge in [-0.3, -0.25) is 4.79 Å². The van der Waals surface area contributed by atoms with Crippen LogP contribution in [0.25, 0.3) is 5.69 Å². The Kier molecular flexibility index (Phi) is 3.72. The maximum absolute atomic E-state index is 12.8. The molecule has 2 aromatic rings.